The molecule has 0 aliphatic heterocycles. The van der Waals surface area contributed by atoms with Crippen molar-refractivity contribution in [2.75, 3.05) is 13.2 Å². The van der Waals surface area contributed by atoms with Gasteiger partial charge in [0.1, 0.15) is 0 Å². The second kappa shape index (κ2) is 64.6. The lowest BCUT2D eigenvalue weighted by atomic mass is 10.0. The summed E-state index contributed by atoms with van der Waals surface area (Å²) in [5.41, 5.74) is 0. The maximum Gasteiger partial charge on any atom is 0.305 e. The van der Waals surface area contributed by atoms with E-state index >= 15 is 0 Å². The Morgan fingerprint density at radius 1 is 0.360 bits per heavy atom. The average molecular weight is 1050 g/mol. The van der Waals surface area contributed by atoms with Gasteiger partial charge in [-0.15, -0.1) is 0 Å². The lowest BCUT2D eigenvalue weighted by Gasteiger charge is -2.20. The van der Waals surface area contributed by atoms with Gasteiger partial charge in [0.2, 0.25) is 5.91 Å². The molecule has 0 saturated heterocycles. The number of ether oxygens (including phenoxy) is 1. The predicted octanol–water partition coefficient (Wildman–Crippen LogP) is 21.5. The van der Waals surface area contributed by atoms with E-state index in [1.807, 2.05) is 6.08 Å². The van der Waals surface area contributed by atoms with Gasteiger partial charge in [0.25, 0.3) is 0 Å². The number of amides is 1. The number of rotatable bonds is 63. The summed E-state index contributed by atoms with van der Waals surface area (Å²) >= 11 is 0. The average Bonchev–Trinajstić information content (AvgIpc) is 3.41. The molecular weight excluding hydrogens is 923 g/mol. The number of carbonyl (C=O) groups excluding carboxylic acids is 2. The van der Waals surface area contributed by atoms with Gasteiger partial charge < -0.3 is 20.3 Å². The molecule has 0 aromatic heterocycles. The third-order valence-electron chi connectivity index (χ3n) is 15.6. The SMILES string of the molecule is CCCCC/C=C\CCCCCCCC(=O)OCCCCCCCCCCCCCCCC/C=C\CCCCCCCCCCCCCCCCCCCC(=O)NC(CO)C(O)/C=C/CCCCCCCCCCC. The van der Waals surface area contributed by atoms with Crippen molar-refractivity contribution in [3.8, 4) is 0 Å². The fourth-order valence-electron chi connectivity index (χ4n) is 10.4. The molecule has 0 aromatic carbocycles. The number of carbonyl (C=O) groups is 2. The van der Waals surface area contributed by atoms with Crippen molar-refractivity contribution in [2.45, 2.75) is 379 Å². The lowest BCUT2D eigenvalue weighted by Crippen LogP contribution is -2.45. The van der Waals surface area contributed by atoms with Crippen LogP contribution in [-0.4, -0.2) is 47.4 Å². The Kier molecular flexibility index (Phi) is 63.0. The van der Waals surface area contributed by atoms with Gasteiger partial charge in [-0.25, -0.2) is 0 Å². The van der Waals surface area contributed by atoms with Gasteiger partial charge in [-0.3, -0.25) is 9.59 Å². The molecule has 0 bridgehead atoms. The van der Waals surface area contributed by atoms with E-state index in [4.69, 9.17) is 4.74 Å². The number of aliphatic hydroxyl groups excluding tert-OH is 2. The smallest absolute Gasteiger partial charge is 0.305 e. The van der Waals surface area contributed by atoms with Gasteiger partial charge in [-0.1, -0.05) is 307 Å². The van der Waals surface area contributed by atoms with Crippen LogP contribution >= 0.6 is 0 Å². The van der Waals surface area contributed by atoms with Crippen molar-refractivity contribution in [1.82, 2.24) is 5.32 Å². The van der Waals surface area contributed by atoms with E-state index in [0.29, 0.717) is 19.4 Å². The standard InChI is InChI=1S/C69H131NO5/c1-3-5-7-9-11-13-15-43-47-51-55-59-63-69(74)75-64-60-56-52-48-44-40-38-36-34-32-30-28-26-24-22-20-18-16-17-19-21-23-25-27-29-31-33-35-37-39-42-46-50-54-58-62-68(73)70-66(65-71)67(72)61-57-53-49-45-41-14-12-10-8-6-4-2/h11,13,18,20,57,61,66-67,71-72H,3-10,12,14-17,19,21-56,58-60,62-65H2,1-2H3,(H,70,73)/b13-11-,20-18-,61-57+. The monoisotopic (exact) mass is 1050 g/mol. The maximum absolute atomic E-state index is 12.4. The van der Waals surface area contributed by atoms with Crippen LogP contribution < -0.4 is 5.32 Å². The molecule has 3 N–H and O–H groups in total. The normalized spacial score (nSPS) is 12.7. The third-order valence-corrected chi connectivity index (χ3v) is 15.6. The number of hydrogen-bond acceptors (Lipinski definition) is 5. The predicted molar refractivity (Wildman–Crippen MR) is 329 cm³/mol. The highest BCUT2D eigenvalue weighted by Gasteiger charge is 2.18. The van der Waals surface area contributed by atoms with Gasteiger partial charge in [-0.2, -0.15) is 0 Å². The fourth-order valence-corrected chi connectivity index (χ4v) is 10.4. The Labute approximate surface area is 468 Å². The number of allylic oxidation sites excluding steroid dienone is 5. The van der Waals surface area contributed by atoms with Crippen molar-refractivity contribution in [1.29, 1.82) is 0 Å². The molecule has 0 radical (unpaired) electrons. The minimum absolute atomic E-state index is 0.00984. The zero-order valence-electron chi connectivity index (χ0n) is 50.5. The van der Waals surface area contributed by atoms with E-state index in [1.165, 1.54) is 295 Å². The van der Waals surface area contributed by atoms with Gasteiger partial charge in [-0.05, 0) is 83.5 Å². The Hall–Kier alpha value is -1.92. The Bertz CT molecular complexity index is 1210. The summed E-state index contributed by atoms with van der Waals surface area (Å²) in [6, 6.07) is -0.623. The molecular formula is C69H131NO5. The first-order valence-electron chi connectivity index (χ1n) is 33.8. The maximum atomic E-state index is 12.4. The summed E-state index contributed by atoms with van der Waals surface area (Å²) in [5, 5.41) is 23.0. The van der Waals surface area contributed by atoms with Gasteiger partial charge in [0.05, 0.1) is 25.4 Å². The number of nitrogens with one attached hydrogen (secondary N) is 1. The summed E-state index contributed by atoms with van der Waals surface area (Å²) in [6.07, 6.45) is 82.3. The molecule has 6 heteroatoms. The molecule has 0 heterocycles. The van der Waals surface area contributed by atoms with Crippen molar-refractivity contribution < 1.29 is 24.5 Å². The largest absolute Gasteiger partial charge is 0.466 e. The van der Waals surface area contributed by atoms with E-state index in [9.17, 15) is 19.8 Å². The van der Waals surface area contributed by atoms with Crippen molar-refractivity contribution in [3.63, 3.8) is 0 Å². The van der Waals surface area contributed by atoms with Crippen LogP contribution in [0.3, 0.4) is 0 Å². The Morgan fingerprint density at radius 3 is 0.973 bits per heavy atom. The molecule has 75 heavy (non-hydrogen) atoms. The summed E-state index contributed by atoms with van der Waals surface area (Å²) in [7, 11) is 0. The summed E-state index contributed by atoms with van der Waals surface area (Å²) in [5.74, 6) is -0.0547. The molecule has 0 aliphatic carbocycles. The van der Waals surface area contributed by atoms with E-state index in [0.717, 1.165) is 44.9 Å². The van der Waals surface area contributed by atoms with Crippen molar-refractivity contribution in [2.24, 2.45) is 0 Å². The van der Waals surface area contributed by atoms with Crippen LogP contribution in [0.4, 0.5) is 0 Å². The topological polar surface area (TPSA) is 95.9 Å². The highest BCUT2D eigenvalue weighted by atomic mass is 16.5. The molecule has 2 unspecified atom stereocenters. The van der Waals surface area contributed by atoms with E-state index in [2.05, 4.69) is 43.5 Å². The molecule has 0 rings (SSSR count). The summed E-state index contributed by atoms with van der Waals surface area (Å²) in [4.78, 5) is 24.4. The van der Waals surface area contributed by atoms with Crippen LogP contribution in [-0.2, 0) is 14.3 Å². The molecule has 442 valence electrons. The quantitative estimate of drug-likeness (QED) is 0.0320. The van der Waals surface area contributed by atoms with Gasteiger partial charge in [0.15, 0.2) is 0 Å². The van der Waals surface area contributed by atoms with Crippen LogP contribution in [0.2, 0.25) is 0 Å². The zero-order valence-corrected chi connectivity index (χ0v) is 50.5. The second-order valence-corrected chi connectivity index (χ2v) is 23.1. The molecule has 0 spiro atoms. The van der Waals surface area contributed by atoms with Crippen LogP contribution in [0.5, 0.6) is 0 Å². The van der Waals surface area contributed by atoms with Gasteiger partial charge in [0, 0.05) is 12.8 Å². The molecule has 0 aliphatic rings. The fraction of sp³-hybridized carbons (Fsp3) is 0.884. The van der Waals surface area contributed by atoms with Crippen LogP contribution in [0.15, 0.2) is 36.5 Å². The summed E-state index contributed by atoms with van der Waals surface area (Å²) in [6.45, 7) is 4.88. The minimum Gasteiger partial charge on any atom is -0.466 e. The highest BCUT2D eigenvalue weighted by Crippen LogP contribution is 2.18. The van der Waals surface area contributed by atoms with Crippen LogP contribution in [0.1, 0.15) is 367 Å². The number of hydrogen-bond donors (Lipinski definition) is 3. The lowest BCUT2D eigenvalue weighted by molar-refractivity contribution is -0.143. The highest BCUT2D eigenvalue weighted by molar-refractivity contribution is 5.76. The number of aliphatic hydroxyl groups is 2. The first-order chi connectivity index (χ1) is 37.0. The minimum atomic E-state index is -0.840. The van der Waals surface area contributed by atoms with E-state index in [-0.39, 0.29) is 18.5 Å². The molecule has 2 atom stereocenters. The first-order valence-corrected chi connectivity index (χ1v) is 33.8. The van der Waals surface area contributed by atoms with Crippen molar-refractivity contribution in [3.05, 3.63) is 36.5 Å². The third kappa shape index (κ3) is 61.2. The molecule has 0 aromatic rings. The number of esters is 1. The Morgan fingerprint density at radius 2 is 0.627 bits per heavy atom. The van der Waals surface area contributed by atoms with Gasteiger partial charge >= 0.3 is 5.97 Å². The van der Waals surface area contributed by atoms with Crippen LogP contribution in [0.25, 0.3) is 0 Å². The zero-order chi connectivity index (χ0) is 54.3. The van der Waals surface area contributed by atoms with Crippen molar-refractivity contribution >= 4 is 11.9 Å². The second-order valence-electron chi connectivity index (χ2n) is 23.1. The molecule has 0 fully saturated rings. The number of unbranched alkanes of at least 4 members (excludes halogenated alkanes) is 48. The molecule has 6 nitrogen and oxygen atoms in total. The molecule has 0 saturated carbocycles. The van der Waals surface area contributed by atoms with E-state index in [1.54, 1.807) is 6.08 Å². The first kappa shape index (κ1) is 73.1. The summed E-state index contributed by atoms with van der Waals surface area (Å²) < 4.78 is 5.47. The van der Waals surface area contributed by atoms with Crippen LogP contribution in [0, 0.1) is 0 Å². The molecule has 1 amide bonds. The van der Waals surface area contributed by atoms with E-state index < -0.39 is 12.1 Å². The Balaban J connectivity index is 3.33.